The molecule has 7 heteroatoms. The zero-order valence-corrected chi connectivity index (χ0v) is 8.68. The van der Waals surface area contributed by atoms with Crippen molar-refractivity contribution in [1.29, 1.82) is 0 Å². The molecular formula is C10H9F4NO2. The lowest BCUT2D eigenvalue weighted by atomic mass is 10.1. The summed E-state index contributed by atoms with van der Waals surface area (Å²) in [6.07, 6.45) is -5.02. The molecule has 1 atom stereocenters. The molecule has 1 rings (SSSR count). The Labute approximate surface area is 94.1 Å². The van der Waals surface area contributed by atoms with Crippen molar-refractivity contribution in [2.45, 2.75) is 19.1 Å². The quantitative estimate of drug-likeness (QED) is 0.792. The fourth-order valence-electron chi connectivity index (χ4n) is 1.23. The summed E-state index contributed by atoms with van der Waals surface area (Å²) in [7, 11) is 0. The SMILES string of the molecule is C[C@@H](NC(=O)C(F)(F)F)c1cc(F)ccc1O. The lowest BCUT2D eigenvalue weighted by Gasteiger charge is -2.16. The van der Waals surface area contributed by atoms with Crippen molar-refractivity contribution >= 4 is 5.91 Å². The Morgan fingerprint density at radius 3 is 2.53 bits per heavy atom. The third kappa shape index (κ3) is 3.33. The number of benzene rings is 1. The van der Waals surface area contributed by atoms with E-state index in [-0.39, 0.29) is 11.3 Å². The molecule has 3 nitrogen and oxygen atoms in total. The molecule has 1 aromatic rings. The molecule has 0 spiro atoms. The predicted molar refractivity (Wildman–Crippen MR) is 50.7 cm³/mol. The maximum Gasteiger partial charge on any atom is 0.471 e. The number of aromatic hydroxyl groups is 1. The molecule has 0 saturated heterocycles. The molecule has 0 aliphatic rings. The van der Waals surface area contributed by atoms with Crippen LogP contribution in [-0.4, -0.2) is 17.2 Å². The van der Waals surface area contributed by atoms with Crippen LogP contribution in [0.25, 0.3) is 0 Å². The summed E-state index contributed by atoms with van der Waals surface area (Å²) >= 11 is 0. The van der Waals surface area contributed by atoms with Crippen molar-refractivity contribution in [2.24, 2.45) is 0 Å². The smallest absolute Gasteiger partial charge is 0.471 e. The standard InChI is InChI=1S/C10H9F4NO2/c1-5(15-9(17)10(12,13)14)7-4-6(11)2-3-8(7)16/h2-5,16H,1H3,(H,15,17)/t5-/m1/s1. The second-order valence-corrected chi connectivity index (χ2v) is 3.40. The number of amides is 1. The molecule has 1 amide bonds. The van der Waals surface area contributed by atoms with Gasteiger partial charge in [-0.2, -0.15) is 13.2 Å². The molecule has 0 heterocycles. The first-order chi connectivity index (χ1) is 7.71. The molecule has 0 saturated carbocycles. The molecular weight excluding hydrogens is 242 g/mol. The molecule has 0 fully saturated rings. The van der Waals surface area contributed by atoms with Crippen LogP contribution in [0.2, 0.25) is 0 Å². The number of phenols is 1. The van der Waals surface area contributed by atoms with E-state index in [0.29, 0.717) is 0 Å². The largest absolute Gasteiger partial charge is 0.508 e. The fourth-order valence-corrected chi connectivity index (χ4v) is 1.23. The Hall–Kier alpha value is -1.79. The Balaban J connectivity index is 2.87. The third-order valence-electron chi connectivity index (χ3n) is 2.06. The van der Waals surface area contributed by atoms with Crippen LogP contribution in [0, 0.1) is 5.82 Å². The molecule has 0 radical (unpaired) electrons. The highest BCUT2D eigenvalue weighted by Gasteiger charge is 2.39. The minimum atomic E-state index is -5.02. The van der Waals surface area contributed by atoms with E-state index in [1.54, 1.807) is 5.32 Å². The van der Waals surface area contributed by atoms with Gasteiger partial charge in [-0.3, -0.25) is 4.79 Å². The van der Waals surface area contributed by atoms with Gasteiger partial charge in [0, 0.05) is 5.56 Å². The maximum atomic E-state index is 12.8. The van der Waals surface area contributed by atoms with Gasteiger partial charge in [-0.15, -0.1) is 0 Å². The van der Waals surface area contributed by atoms with Crippen molar-refractivity contribution in [2.75, 3.05) is 0 Å². The van der Waals surface area contributed by atoms with Gasteiger partial charge in [0.05, 0.1) is 6.04 Å². The number of hydrogen-bond donors (Lipinski definition) is 2. The number of carbonyl (C=O) groups is 1. The second-order valence-electron chi connectivity index (χ2n) is 3.40. The zero-order chi connectivity index (χ0) is 13.2. The number of halogens is 4. The molecule has 1 aromatic carbocycles. The summed E-state index contributed by atoms with van der Waals surface area (Å²) in [6.45, 7) is 1.21. The highest BCUT2D eigenvalue weighted by molar-refractivity contribution is 5.82. The van der Waals surface area contributed by atoms with Crippen LogP contribution in [0.5, 0.6) is 5.75 Å². The summed E-state index contributed by atoms with van der Waals surface area (Å²) in [4.78, 5) is 10.6. The molecule has 94 valence electrons. The Bertz CT molecular complexity index is 431. The van der Waals surface area contributed by atoms with Gasteiger partial charge in [0.15, 0.2) is 0 Å². The van der Waals surface area contributed by atoms with Gasteiger partial charge in [-0.25, -0.2) is 4.39 Å². The first-order valence-corrected chi connectivity index (χ1v) is 4.58. The van der Waals surface area contributed by atoms with Crippen molar-refractivity contribution in [3.05, 3.63) is 29.6 Å². The van der Waals surface area contributed by atoms with Crippen molar-refractivity contribution in [1.82, 2.24) is 5.32 Å². The molecule has 0 aliphatic heterocycles. The first-order valence-electron chi connectivity index (χ1n) is 4.58. The van der Waals surface area contributed by atoms with E-state index in [0.717, 1.165) is 18.2 Å². The van der Waals surface area contributed by atoms with Crippen LogP contribution in [-0.2, 0) is 4.79 Å². The monoisotopic (exact) mass is 251 g/mol. The average Bonchev–Trinajstić information content (AvgIpc) is 2.20. The molecule has 17 heavy (non-hydrogen) atoms. The number of carbonyl (C=O) groups excluding carboxylic acids is 1. The van der Waals surface area contributed by atoms with E-state index in [2.05, 4.69) is 0 Å². The average molecular weight is 251 g/mol. The van der Waals surface area contributed by atoms with Crippen LogP contribution < -0.4 is 5.32 Å². The van der Waals surface area contributed by atoms with Gasteiger partial charge in [0.1, 0.15) is 11.6 Å². The number of hydrogen-bond acceptors (Lipinski definition) is 2. The number of alkyl halides is 3. The lowest BCUT2D eigenvalue weighted by molar-refractivity contribution is -0.174. The Morgan fingerprint density at radius 1 is 1.41 bits per heavy atom. The summed E-state index contributed by atoms with van der Waals surface area (Å²) in [5, 5.41) is 10.9. The minimum absolute atomic E-state index is 0.123. The van der Waals surface area contributed by atoms with E-state index in [9.17, 15) is 27.5 Å². The summed E-state index contributed by atoms with van der Waals surface area (Å²) in [5.41, 5.74) is -0.123. The maximum absolute atomic E-state index is 12.8. The fraction of sp³-hybridized carbons (Fsp3) is 0.300. The summed E-state index contributed by atoms with van der Waals surface area (Å²) < 4.78 is 48.7. The number of phenolic OH excluding ortho intramolecular Hbond substituents is 1. The van der Waals surface area contributed by atoms with Crippen LogP contribution in [0.1, 0.15) is 18.5 Å². The highest BCUT2D eigenvalue weighted by Crippen LogP contribution is 2.26. The minimum Gasteiger partial charge on any atom is -0.508 e. The number of rotatable bonds is 2. The second kappa shape index (κ2) is 4.60. The van der Waals surface area contributed by atoms with Gasteiger partial charge in [-0.05, 0) is 25.1 Å². The summed E-state index contributed by atoms with van der Waals surface area (Å²) in [5.74, 6) is -3.25. The third-order valence-corrected chi connectivity index (χ3v) is 2.06. The highest BCUT2D eigenvalue weighted by atomic mass is 19.4. The molecule has 0 aliphatic carbocycles. The van der Waals surface area contributed by atoms with Crippen LogP contribution in [0.15, 0.2) is 18.2 Å². The van der Waals surface area contributed by atoms with Crippen molar-refractivity contribution < 1.29 is 27.5 Å². The summed E-state index contributed by atoms with van der Waals surface area (Å²) in [6, 6.07) is 1.66. The molecule has 2 N–H and O–H groups in total. The Kier molecular flexibility index (Phi) is 3.59. The van der Waals surface area contributed by atoms with Gasteiger partial charge < -0.3 is 10.4 Å². The molecule has 0 bridgehead atoms. The topological polar surface area (TPSA) is 49.3 Å². The Morgan fingerprint density at radius 2 is 2.00 bits per heavy atom. The van der Waals surface area contributed by atoms with E-state index >= 15 is 0 Å². The van der Waals surface area contributed by atoms with Gasteiger partial charge in [-0.1, -0.05) is 0 Å². The van der Waals surface area contributed by atoms with E-state index in [4.69, 9.17) is 0 Å². The zero-order valence-electron chi connectivity index (χ0n) is 8.68. The normalized spacial score (nSPS) is 13.2. The van der Waals surface area contributed by atoms with E-state index in [1.165, 1.54) is 6.92 Å². The predicted octanol–water partition coefficient (Wildman–Crippen LogP) is 2.27. The van der Waals surface area contributed by atoms with E-state index in [1.807, 2.05) is 0 Å². The van der Waals surface area contributed by atoms with Gasteiger partial charge in [0.25, 0.3) is 0 Å². The van der Waals surface area contributed by atoms with Crippen LogP contribution in [0.4, 0.5) is 17.6 Å². The lowest BCUT2D eigenvalue weighted by Crippen LogP contribution is -2.38. The molecule has 0 aromatic heterocycles. The van der Waals surface area contributed by atoms with Gasteiger partial charge >= 0.3 is 12.1 Å². The van der Waals surface area contributed by atoms with E-state index < -0.39 is 23.9 Å². The van der Waals surface area contributed by atoms with Crippen molar-refractivity contribution in [3.63, 3.8) is 0 Å². The van der Waals surface area contributed by atoms with Crippen LogP contribution >= 0.6 is 0 Å². The molecule has 0 unspecified atom stereocenters. The first kappa shape index (κ1) is 13.3. The van der Waals surface area contributed by atoms with Crippen LogP contribution in [0.3, 0.4) is 0 Å². The van der Waals surface area contributed by atoms with Crippen molar-refractivity contribution in [3.8, 4) is 5.75 Å². The number of nitrogens with one attached hydrogen (secondary N) is 1. The van der Waals surface area contributed by atoms with Gasteiger partial charge in [0.2, 0.25) is 0 Å².